The summed E-state index contributed by atoms with van der Waals surface area (Å²) >= 11 is 0. The molecular weight excluding hydrogens is 709 g/mol. The van der Waals surface area contributed by atoms with Crippen LogP contribution in [0.5, 0.6) is 0 Å². The van der Waals surface area contributed by atoms with Crippen LogP contribution in [0.2, 0.25) is 0 Å². The van der Waals surface area contributed by atoms with Crippen LogP contribution in [0.4, 0.5) is 0 Å². The molecule has 11 rings (SSSR count). The molecule has 0 amide bonds. The lowest BCUT2D eigenvalue weighted by Crippen LogP contribution is -2.04. The molecule has 0 N–H and O–H groups in total. The normalized spacial score (nSPS) is 11.4. The number of hydrogen-bond acceptors (Lipinski definition) is 4. The Morgan fingerprint density at radius 1 is 0.448 bits per heavy atom. The van der Waals surface area contributed by atoms with E-state index in [0.717, 1.165) is 88.4 Å². The number of para-hydroxylation sites is 2. The molecule has 0 fully saturated rings. The smallest absolute Gasteiger partial charge is 0.160 e. The molecule has 11 aromatic rings. The molecule has 0 saturated heterocycles. The van der Waals surface area contributed by atoms with Crippen molar-refractivity contribution in [1.29, 1.82) is 5.26 Å². The first kappa shape index (κ1) is 33.3. The number of nitrogens with zero attached hydrogens (tertiary/aromatic N) is 4. The number of furan rings is 1. The van der Waals surface area contributed by atoms with Gasteiger partial charge in [-0.1, -0.05) is 158 Å². The summed E-state index contributed by atoms with van der Waals surface area (Å²) in [6.45, 7) is 0. The highest BCUT2D eigenvalue weighted by Gasteiger charge is 2.26. The van der Waals surface area contributed by atoms with Gasteiger partial charge in [-0.15, -0.1) is 0 Å². The van der Waals surface area contributed by atoms with Gasteiger partial charge >= 0.3 is 0 Å². The van der Waals surface area contributed by atoms with E-state index in [1.165, 1.54) is 0 Å². The van der Waals surface area contributed by atoms with Crippen molar-refractivity contribution in [1.82, 2.24) is 14.5 Å². The topological polar surface area (TPSA) is 67.6 Å². The maximum atomic E-state index is 10.7. The van der Waals surface area contributed by atoms with Crippen LogP contribution >= 0.6 is 0 Å². The molecule has 8 aromatic carbocycles. The largest absolute Gasteiger partial charge is 0.456 e. The van der Waals surface area contributed by atoms with E-state index in [4.69, 9.17) is 14.4 Å². The van der Waals surface area contributed by atoms with Gasteiger partial charge in [0.25, 0.3) is 0 Å². The highest BCUT2D eigenvalue weighted by molar-refractivity contribution is 6.25. The number of fused-ring (bicyclic) bond motifs is 7. The Kier molecular flexibility index (Phi) is 7.80. The maximum absolute atomic E-state index is 10.7. The van der Waals surface area contributed by atoms with Crippen LogP contribution < -0.4 is 0 Å². The standard InChI is InChI=1S/C53H32N4O/c54-33-44-49(36-21-9-3-10-22-36)55-53(56-50(44)37-23-11-4-12-24-37)38-31-42(34-17-5-1-6-18-34)51(43(32-38)35-19-7-2-8-20-35)57-45-27-15-13-25-39(45)40-29-30-47-48(52(40)57)41-26-14-16-28-46(41)58-47/h1-32H. The second-order valence-electron chi connectivity index (χ2n) is 14.4. The lowest BCUT2D eigenvalue weighted by atomic mass is 9.92. The first-order chi connectivity index (χ1) is 28.7. The van der Waals surface area contributed by atoms with Crippen molar-refractivity contribution in [2.75, 3.05) is 0 Å². The van der Waals surface area contributed by atoms with Crippen LogP contribution in [0.15, 0.2) is 199 Å². The van der Waals surface area contributed by atoms with Crippen molar-refractivity contribution in [3.8, 4) is 67.9 Å². The van der Waals surface area contributed by atoms with Gasteiger partial charge in [-0.3, -0.25) is 0 Å². The molecule has 3 heterocycles. The fourth-order valence-corrected chi connectivity index (χ4v) is 8.48. The second kappa shape index (κ2) is 13.6. The Bertz CT molecular complexity index is 3260. The zero-order valence-corrected chi connectivity index (χ0v) is 31.2. The summed E-state index contributed by atoms with van der Waals surface area (Å²) in [6, 6.07) is 69.1. The van der Waals surface area contributed by atoms with E-state index in [-0.39, 0.29) is 0 Å². The monoisotopic (exact) mass is 740 g/mol. The number of rotatable bonds is 6. The molecule has 0 aliphatic carbocycles. The van der Waals surface area contributed by atoms with Gasteiger partial charge < -0.3 is 8.98 Å². The van der Waals surface area contributed by atoms with E-state index in [0.29, 0.717) is 22.8 Å². The number of aromatic nitrogens is 3. The third-order valence-electron chi connectivity index (χ3n) is 11.1. The molecule has 0 aliphatic heterocycles. The minimum absolute atomic E-state index is 0.436. The molecule has 0 spiro atoms. The minimum atomic E-state index is 0.436. The highest BCUT2D eigenvalue weighted by atomic mass is 16.3. The predicted octanol–water partition coefficient (Wildman–Crippen LogP) is 13.7. The Morgan fingerprint density at radius 3 is 1.52 bits per heavy atom. The molecule has 270 valence electrons. The quantitative estimate of drug-likeness (QED) is 0.170. The predicted molar refractivity (Wildman–Crippen MR) is 236 cm³/mol. The molecule has 3 aromatic heterocycles. The molecule has 0 aliphatic rings. The van der Waals surface area contributed by atoms with Gasteiger partial charge in [-0.2, -0.15) is 5.26 Å². The zero-order chi connectivity index (χ0) is 38.6. The number of nitriles is 1. The van der Waals surface area contributed by atoms with Gasteiger partial charge in [-0.25, -0.2) is 9.97 Å². The van der Waals surface area contributed by atoms with Crippen LogP contribution in [0.25, 0.3) is 106 Å². The number of hydrogen-bond donors (Lipinski definition) is 0. The zero-order valence-electron chi connectivity index (χ0n) is 31.2. The van der Waals surface area contributed by atoms with Gasteiger partial charge in [0.2, 0.25) is 0 Å². The van der Waals surface area contributed by atoms with Gasteiger partial charge in [0.15, 0.2) is 5.82 Å². The molecule has 0 radical (unpaired) electrons. The van der Waals surface area contributed by atoms with Crippen LogP contribution in [0.3, 0.4) is 0 Å². The summed E-state index contributed by atoms with van der Waals surface area (Å²) in [5.41, 5.74) is 13.2. The lowest BCUT2D eigenvalue weighted by Gasteiger charge is -2.21. The van der Waals surface area contributed by atoms with Crippen molar-refractivity contribution in [3.05, 3.63) is 200 Å². The van der Waals surface area contributed by atoms with Crippen LogP contribution in [-0.2, 0) is 0 Å². The van der Waals surface area contributed by atoms with Crippen molar-refractivity contribution in [2.24, 2.45) is 0 Å². The molecule has 5 heteroatoms. The summed E-state index contributed by atoms with van der Waals surface area (Å²) in [5.74, 6) is 0.531. The molecule has 0 saturated carbocycles. The fourth-order valence-electron chi connectivity index (χ4n) is 8.48. The second-order valence-corrected chi connectivity index (χ2v) is 14.4. The van der Waals surface area contributed by atoms with E-state index in [1.54, 1.807) is 0 Å². The van der Waals surface area contributed by atoms with Crippen molar-refractivity contribution in [3.63, 3.8) is 0 Å². The average Bonchev–Trinajstić information content (AvgIpc) is 3.85. The summed E-state index contributed by atoms with van der Waals surface area (Å²) in [4.78, 5) is 10.5. The van der Waals surface area contributed by atoms with Crippen molar-refractivity contribution < 1.29 is 4.42 Å². The Hall–Kier alpha value is -8.07. The third-order valence-corrected chi connectivity index (χ3v) is 11.1. The Labute approximate surface area is 334 Å². The molecule has 0 atom stereocenters. The van der Waals surface area contributed by atoms with Gasteiger partial charge in [0, 0.05) is 44.0 Å². The van der Waals surface area contributed by atoms with Gasteiger partial charge in [0.05, 0.1) is 33.5 Å². The Balaban J connectivity index is 1.31. The van der Waals surface area contributed by atoms with E-state index >= 15 is 0 Å². The molecular formula is C53H32N4O. The fraction of sp³-hybridized carbons (Fsp3) is 0. The first-order valence-corrected chi connectivity index (χ1v) is 19.3. The van der Waals surface area contributed by atoms with Gasteiger partial charge in [0.1, 0.15) is 22.8 Å². The summed E-state index contributed by atoms with van der Waals surface area (Å²) < 4.78 is 8.95. The molecule has 5 nitrogen and oxygen atoms in total. The van der Waals surface area contributed by atoms with E-state index < -0.39 is 0 Å². The Morgan fingerprint density at radius 2 is 0.948 bits per heavy atom. The SMILES string of the molecule is N#Cc1c(-c2ccccc2)nc(-c2cc(-c3ccccc3)c(-n3c4ccccc4c4ccc5oc6ccccc6c5c43)c(-c3ccccc3)c2)nc1-c1ccccc1. The molecule has 0 unspecified atom stereocenters. The summed E-state index contributed by atoms with van der Waals surface area (Å²) in [5, 5.41) is 15.1. The summed E-state index contributed by atoms with van der Waals surface area (Å²) in [7, 11) is 0. The third kappa shape index (κ3) is 5.31. The highest BCUT2D eigenvalue weighted by Crippen LogP contribution is 2.47. The average molecular weight is 741 g/mol. The van der Waals surface area contributed by atoms with Crippen LogP contribution in [-0.4, -0.2) is 14.5 Å². The first-order valence-electron chi connectivity index (χ1n) is 19.3. The molecule has 58 heavy (non-hydrogen) atoms. The number of benzene rings is 8. The van der Waals surface area contributed by atoms with E-state index in [2.05, 4.69) is 132 Å². The van der Waals surface area contributed by atoms with Crippen LogP contribution in [0, 0.1) is 11.3 Å². The van der Waals surface area contributed by atoms with Crippen LogP contribution in [0.1, 0.15) is 5.56 Å². The van der Waals surface area contributed by atoms with E-state index in [1.807, 2.05) is 72.8 Å². The minimum Gasteiger partial charge on any atom is -0.456 e. The van der Waals surface area contributed by atoms with E-state index in [9.17, 15) is 5.26 Å². The van der Waals surface area contributed by atoms with Crippen molar-refractivity contribution in [2.45, 2.75) is 0 Å². The maximum Gasteiger partial charge on any atom is 0.160 e. The van der Waals surface area contributed by atoms with Crippen molar-refractivity contribution >= 4 is 43.7 Å². The molecule has 0 bridgehead atoms. The lowest BCUT2D eigenvalue weighted by molar-refractivity contribution is 0.669. The van der Waals surface area contributed by atoms with Gasteiger partial charge in [-0.05, 0) is 47.5 Å². The summed E-state index contributed by atoms with van der Waals surface area (Å²) in [6.07, 6.45) is 0.